The molecule has 36 heavy (non-hydrogen) atoms. The lowest BCUT2D eigenvalue weighted by atomic mass is 10.1. The molecular formula is C30H28ClN3O2. The number of halogens is 1. The number of ether oxygens (including phenoxy) is 1. The zero-order chi connectivity index (χ0) is 24.7. The summed E-state index contributed by atoms with van der Waals surface area (Å²) >= 11 is 6.17. The van der Waals surface area contributed by atoms with E-state index in [1.165, 1.54) is 5.39 Å². The van der Waals surface area contributed by atoms with Crippen molar-refractivity contribution in [2.24, 2.45) is 0 Å². The molecule has 5 aromatic rings. The molecule has 0 atom stereocenters. The second kappa shape index (κ2) is 11.3. The van der Waals surface area contributed by atoms with Crippen molar-refractivity contribution >= 4 is 39.3 Å². The second-order valence-corrected chi connectivity index (χ2v) is 9.12. The van der Waals surface area contributed by atoms with E-state index in [4.69, 9.17) is 21.3 Å². The summed E-state index contributed by atoms with van der Waals surface area (Å²) in [5.74, 6) is 1.86. The highest BCUT2D eigenvalue weighted by Crippen LogP contribution is 2.25. The molecule has 6 heteroatoms. The number of hydrogen-bond donors (Lipinski definition) is 1. The predicted octanol–water partition coefficient (Wildman–Crippen LogP) is 6.21. The number of nitrogens with zero attached hydrogens (tertiary/aromatic N) is 2. The molecule has 4 aromatic carbocycles. The van der Waals surface area contributed by atoms with E-state index in [-0.39, 0.29) is 12.3 Å². The van der Waals surface area contributed by atoms with Crippen molar-refractivity contribution in [1.82, 2.24) is 14.9 Å². The lowest BCUT2D eigenvalue weighted by molar-refractivity contribution is -0.120. The quantitative estimate of drug-likeness (QED) is 0.233. The smallest absolute Gasteiger partial charge is 0.224 e. The Morgan fingerprint density at radius 2 is 1.69 bits per heavy atom. The predicted molar refractivity (Wildman–Crippen MR) is 146 cm³/mol. The molecule has 5 nitrogen and oxygen atoms in total. The summed E-state index contributed by atoms with van der Waals surface area (Å²) < 4.78 is 8.43. The topological polar surface area (TPSA) is 56.2 Å². The standard InChI is InChI=1S/C30H28ClN3O2/c31-25-13-4-2-10-23(25)21-30(35)32-18-8-17-29-33-26-14-5-6-15-27(26)34(29)19-20-36-28-16-7-11-22-9-1-3-12-24(22)28/h1-7,9-16H,8,17-21H2,(H,32,35). The summed E-state index contributed by atoms with van der Waals surface area (Å²) in [5.41, 5.74) is 2.90. The first-order valence-electron chi connectivity index (χ1n) is 12.2. The molecule has 0 aliphatic heterocycles. The number of benzene rings is 4. The first kappa shape index (κ1) is 23.9. The van der Waals surface area contributed by atoms with E-state index in [9.17, 15) is 4.79 Å². The Hall–Kier alpha value is -3.83. The number of carbonyl (C=O) groups is 1. The molecule has 1 heterocycles. The average molecular weight is 498 g/mol. The van der Waals surface area contributed by atoms with E-state index in [2.05, 4.69) is 34.1 Å². The highest BCUT2D eigenvalue weighted by molar-refractivity contribution is 6.31. The molecule has 182 valence electrons. The van der Waals surface area contributed by atoms with Gasteiger partial charge in [0.15, 0.2) is 0 Å². The van der Waals surface area contributed by atoms with Crippen LogP contribution >= 0.6 is 11.6 Å². The van der Waals surface area contributed by atoms with Crippen molar-refractivity contribution in [3.8, 4) is 5.75 Å². The number of imidazole rings is 1. The van der Waals surface area contributed by atoms with Gasteiger partial charge in [-0.25, -0.2) is 4.98 Å². The van der Waals surface area contributed by atoms with Crippen LogP contribution in [0.1, 0.15) is 17.8 Å². The van der Waals surface area contributed by atoms with Gasteiger partial charge in [-0.15, -0.1) is 0 Å². The van der Waals surface area contributed by atoms with Crippen molar-refractivity contribution in [2.45, 2.75) is 25.8 Å². The largest absolute Gasteiger partial charge is 0.491 e. The van der Waals surface area contributed by atoms with Gasteiger partial charge >= 0.3 is 0 Å². The van der Waals surface area contributed by atoms with Gasteiger partial charge in [0.25, 0.3) is 0 Å². The van der Waals surface area contributed by atoms with Crippen LogP contribution in [0.3, 0.4) is 0 Å². The third kappa shape index (κ3) is 5.52. The summed E-state index contributed by atoms with van der Waals surface area (Å²) in [6.07, 6.45) is 1.83. The number of para-hydroxylation sites is 2. The van der Waals surface area contributed by atoms with Crippen LogP contribution in [0.4, 0.5) is 0 Å². The van der Waals surface area contributed by atoms with Gasteiger partial charge < -0.3 is 14.6 Å². The molecule has 1 aromatic heterocycles. The zero-order valence-corrected chi connectivity index (χ0v) is 20.7. The Balaban J connectivity index is 1.20. The zero-order valence-electron chi connectivity index (χ0n) is 20.0. The number of hydrogen-bond acceptors (Lipinski definition) is 3. The maximum Gasteiger partial charge on any atom is 0.224 e. The number of aryl methyl sites for hydroxylation is 1. The van der Waals surface area contributed by atoms with Crippen LogP contribution < -0.4 is 10.1 Å². The normalized spacial score (nSPS) is 11.1. The minimum absolute atomic E-state index is 0.0277. The molecule has 0 unspecified atom stereocenters. The fraction of sp³-hybridized carbons (Fsp3) is 0.200. The Morgan fingerprint density at radius 3 is 2.61 bits per heavy atom. The molecule has 0 radical (unpaired) electrons. The summed E-state index contributed by atoms with van der Waals surface area (Å²) in [7, 11) is 0. The fourth-order valence-corrected chi connectivity index (χ4v) is 4.69. The minimum atomic E-state index is -0.0277. The molecule has 0 spiro atoms. The lowest BCUT2D eigenvalue weighted by Gasteiger charge is -2.13. The molecule has 0 saturated heterocycles. The van der Waals surface area contributed by atoms with Crippen LogP contribution in [0.2, 0.25) is 5.02 Å². The van der Waals surface area contributed by atoms with Crippen molar-refractivity contribution in [1.29, 1.82) is 0 Å². The third-order valence-electron chi connectivity index (χ3n) is 6.26. The van der Waals surface area contributed by atoms with Crippen molar-refractivity contribution in [2.75, 3.05) is 13.2 Å². The number of nitrogens with one attached hydrogen (secondary N) is 1. The summed E-state index contributed by atoms with van der Waals surface area (Å²) in [4.78, 5) is 17.2. The van der Waals surface area contributed by atoms with Gasteiger partial charge in [0.2, 0.25) is 5.91 Å². The molecule has 0 bridgehead atoms. The van der Waals surface area contributed by atoms with Gasteiger partial charge in [-0.2, -0.15) is 0 Å². The molecule has 1 N–H and O–H groups in total. The molecule has 0 saturated carbocycles. The van der Waals surface area contributed by atoms with E-state index in [0.29, 0.717) is 24.7 Å². The monoisotopic (exact) mass is 497 g/mol. The van der Waals surface area contributed by atoms with Crippen molar-refractivity contribution in [3.05, 3.63) is 107 Å². The Kier molecular flexibility index (Phi) is 7.48. The van der Waals surface area contributed by atoms with Gasteiger partial charge in [0.05, 0.1) is 24.0 Å². The summed E-state index contributed by atoms with van der Waals surface area (Å²) in [6, 6.07) is 30.0. The molecular weight excluding hydrogens is 470 g/mol. The Bertz CT molecular complexity index is 1490. The first-order chi connectivity index (χ1) is 17.7. The van der Waals surface area contributed by atoms with Crippen LogP contribution in [0.5, 0.6) is 5.75 Å². The van der Waals surface area contributed by atoms with Crippen LogP contribution in [0.25, 0.3) is 21.8 Å². The van der Waals surface area contributed by atoms with Crippen molar-refractivity contribution in [3.63, 3.8) is 0 Å². The van der Waals surface area contributed by atoms with Crippen LogP contribution in [-0.4, -0.2) is 28.6 Å². The number of carbonyl (C=O) groups excluding carboxylic acids is 1. The Labute approximate surface area is 215 Å². The van der Waals surface area contributed by atoms with Crippen LogP contribution in [0.15, 0.2) is 91.0 Å². The van der Waals surface area contributed by atoms with E-state index < -0.39 is 0 Å². The summed E-state index contributed by atoms with van der Waals surface area (Å²) in [6.45, 7) is 1.81. The summed E-state index contributed by atoms with van der Waals surface area (Å²) in [5, 5.41) is 5.90. The van der Waals surface area contributed by atoms with E-state index >= 15 is 0 Å². The SMILES string of the molecule is O=C(Cc1ccccc1Cl)NCCCc1nc2ccccc2n1CCOc1cccc2ccccc12. The molecule has 1 amide bonds. The second-order valence-electron chi connectivity index (χ2n) is 8.72. The van der Waals surface area contributed by atoms with Gasteiger partial charge in [-0.3, -0.25) is 4.79 Å². The number of aromatic nitrogens is 2. The highest BCUT2D eigenvalue weighted by atomic mass is 35.5. The van der Waals surface area contributed by atoms with Crippen molar-refractivity contribution < 1.29 is 9.53 Å². The Morgan fingerprint density at radius 1 is 0.917 bits per heavy atom. The van der Waals surface area contributed by atoms with E-state index in [1.807, 2.05) is 60.7 Å². The average Bonchev–Trinajstić information content (AvgIpc) is 3.25. The molecule has 0 aliphatic carbocycles. The minimum Gasteiger partial charge on any atom is -0.491 e. The van der Waals surface area contributed by atoms with E-state index in [1.54, 1.807) is 6.07 Å². The number of amides is 1. The van der Waals surface area contributed by atoms with E-state index in [0.717, 1.165) is 46.4 Å². The molecule has 0 aliphatic rings. The maximum absolute atomic E-state index is 12.3. The van der Waals surface area contributed by atoms with Crippen LogP contribution in [-0.2, 0) is 24.2 Å². The van der Waals surface area contributed by atoms with Gasteiger partial charge in [0.1, 0.15) is 18.2 Å². The van der Waals surface area contributed by atoms with Gasteiger partial charge in [0, 0.05) is 23.4 Å². The van der Waals surface area contributed by atoms with Crippen LogP contribution in [0, 0.1) is 0 Å². The first-order valence-corrected chi connectivity index (χ1v) is 12.6. The number of fused-ring (bicyclic) bond motifs is 2. The lowest BCUT2D eigenvalue weighted by Crippen LogP contribution is -2.26. The highest BCUT2D eigenvalue weighted by Gasteiger charge is 2.12. The maximum atomic E-state index is 12.3. The van der Waals surface area contributed by atoms with Gasteiger partial charge in [-0.1, -0.05) is 78.3 Å². The molecule has 0 fully saturated rings. The fourth-order valence-electron chi connectivity index (χ4n) is 4.49. The third-order valence-corrected chi connectivity index (χ3v) is 6.63. The molecule has 5 rings (SSSR count). The van der Waals surface area contributed by atoms with Gasteiger partial charge in [-0.05, 0) is 41.6 Å². The number of rotatable bonds is 10.